The van der Waals surface area contributed by atoms with Crippen molar-refractivity contribution in [2.45, 2.75) is 40.3 Å². The van der Waals surface area contributed by atoms with Gasteiger partial charge in [0.2, 0.25) is 0 Å². The average Bonchev–Trinajstić information content (AvgIpc) is 3.75. The van der Waals surface area contributed by atoms with E-state index in [1.165, 1.54) is 21.0 Å². The average molecular weight is 643 g/mol. The van der Waals surface area contributed by atoms with Gasteiger partial charge in [-0.05, 0) is 20.8 Å². The van der Waals surface area contributed by atoms with Crippen molar-refractivity contribution in [2.75, 3.05) is 0 Å². The van der Waals surface area contributed by atoms with Crippen molar-refractivity contribution in [1.29, 1.82) is 0 Å². The van der Waals surface area contributed by atoms with E-state index in [1.807, 2.05) is 0 Å². The van der Waals surface area contributed by atoms with Gasteiger partial charge < -0.3 is 13.7 Å². The SMILES string of the molecule is [2H]C([2H])([2H])n1cnc2c1c(=O)n(C([2H])([2H])C)c(=O)n2C.[2H]c1nc2c(c(=O)n(C([2H])([2H])C)c(=O)n2C([2H])([2H])[2H])n1C.[2H]c1nc2c(c(=O)n(CC)c(=O)n2C([2H])([2H])[2H])n1C([2H])([2H])[2H]. The fourth-order valence-electron chi connectivity index (χ4n) is 4.12. The molecule has 0 N–H and O–H groups in total. The molecule has 18 nitrogen and oxygen atoms in total. The minimum absolute atomic E-state index is 0.100. The molecule has 0 unspecified atom stereocenters. The van der Waals surface area contributed by atoms with Gasteiger partial charge in [-0.2, -0.15) is 0 Å². The lowest BCUT2D eigenvalue weighted by Crippen LogP contribution is -2.39. The van der Waals surface area contributed by atoms with Crippen molar-refractivity contribution >= 4 is 33.5 Å². The number of hydrogen-bond donors (Lipinski definition) is 0. The van der Waals surface area contributed by atoms with Crippen LogP contribution in [0.15, 0.2) is 47.7 Å². The molecule has 45 heavy (non-hydrogen) atoms. The summed E-state index contributed by atoms with van der Waals surface area (Å²) in [5.41, 5.74) is -8.87. The lowest BCUT2D eigenvalue weighted by Gasteiger charge is -2.05. The quantitative estimate of drug-likeness (QED) is 0.218. The molecule has 18 heteroatoms. The largest absolute Gasteiger partial charge is 0.332 e. The highest BCUT2D eigenvalue weighted by atomic mass is 16.2. The van der Waals surface area contributed by atoms with Crippen LogP contribution in [0.25, 0.3) is 33.5 Å². The number of aryl methyl sites for hydroxylation is 6. The Balaban J connectivity index is 0.000000208. The number of hydrogen-bond acceptors (Lipinski definition) is 9. The second-order valence-corrected chi connectivity index (χ2v) is 8.80. The summed E-state index contributed by atoms with van der Waals surface area (Å²) in [4.78, 5) is 84.2. The molecule has 0 aromatic carbocycles. The highest BCUT2D eigenvalue weighted by Gasteiger charge is 2.15. The number of nitrogens with zero attached hydrogens (tertiary/aromatic N) is 12. The molecule has 6 heterocycles. The molecule has 0 fully saturated rings. The maximum atomic E-state index is 12.3. The van der Waals surface area contributed by atoms with E-state index in [9.17, 15) is 28.8 Å². The predicted octanol–water partition coefficient (Wildman–Crippen LogP) is -1.64. The first-order valence-corrected chi connectivity index (χ1v) is 12.4. The Bertz CT molecular complexity index is 3150. The van der Waals surface area contributed by atoms with Crippen molar-refractivity contribution in [2.24, 2.45) is 42.0 Å². The summed E-state index contributed by atoms with van der Waals surface area (Å²) in [5, 5.41) is 0. The molecular formula is C27H36N12O6. The summed E-state index contributed by atoms with van der Waals surface area (Å²) in [6, 6.07) is 0. The summed E-state index contributed by atoms with van der Waals surface area (Å²) in [5.74, 6) is 0. The number of imidazole rings is 3. The van der Waals surface area contributed by atoms with Crippen molar-refractivity contribution < 1.29 is 24.7 Å². The molecule has 0 saturated heterocycles. The van der Waals surface area contributed by atoms with Gasteiger partial charge in [0.1, 0.15) is 2.74 Å². The topological polar surface area (TPSA) is 185 Å². The zero-order valence-corrected chi connectivity index (χ0v) is 24.1. The Morgan fingerprint density at radius 1 is 0.600 bits per heavy atom. The maximum Gasteiger partial charge on any atom is 0.332 e. The summed E-state index contributed by atoms with van der Waals surface area (Å²) >= 11 is 0. The first-order valence-electron chi connectivity index (χ1n) is 21.4. The standard InChI is InChI=1S/3C9H12N4O2/c3*1-4-13-8(14)6-7(10-5-11(6)2)12(3)9(13)15/h3*5H,4H2,1-3H3/i3D3,4D2,5D;2D3,3D3,5D;2D3,4D2. The zero-order chi connectivity index (χ0) is 48.8. The van der Waals surface area contributed by atoms with Gasteiger partial charge in [0.15, 0.2) is 33.5 Å². The Morgan fingerprint density at radius 3 is 1.51 bits per heavy atom. The van der Waals surface area contributed by atoms with E-state index < -0.39 is 104 Å². The van der Waals surface area contributed by atoms with Crippen molar-refractivity contribution in [3.05, 3.63) is 81.4 Å². The Labute approximate surface area is 279 Å². The van der Waals surface area contributed by atoms with Gasteiger partial charge >= 0.3 is 17.1 Å². The van der Waals surface area contributed by atoms with Crippen LogP contribution in [0.4, 0.5) is 0 Å². The molecular weight excluding hydrogens is 588 g/mol. The highest BCUT2D eigenvalue weighted by molar-refractivity contribution is 5.71. The van der Waals surface area contributed by atoms with Gasteiger partial charge in [0.25, 0.3) is 16.7 Å². The van der Waals surface area contributed by atoms with Crippen LogP contribution in [-0.4, -0.2) is 56.1 Å². The molecule has 0 atom stereocenters. The molecule has 6 aromatic heterocycles. The van der Waals surface area contributed by atoms with Gasteiger partial charge in [-0.15, -0.1) is 0 Å². The molecule has 0 aliphatic heterocycles. The third kappa shape index (κ3) is 5.17. The number of aromatic nitrogens is 12. The molecule has 6 rings (SSSR count). The van der Waals surface area contributed by atoms with E-state index in [-0.39, 0.29) is 36.9 Å². The normalized spacial score (nSPS) is 18.8. The maximum absolute atomic E-state index is 12.3. The van der Waals surface area contributed by atoms with E-state index in [0.29, 0.717) is 18.3 Å². The van der Waals surface area contributed by atoms with Crippen LogP contribution in [0, 0.1) is 0 Å². The first kappa shape index (κ1) is 16.0. The van der Waals surface area contributed by atoms with E-state index in [2.05, 4.69) is 15.0 Å². The highest BCUT2D eigenvalue weighted by Crippen LogP contribution is 2.04. The third-order valence-corrected chi connectivity index (χ3v) is 6.34. The second kappa shape index (κ2) is 12.2. The molecule has 240 valence electrons. The van der Waals surface area contributed by atoms with Crippen LogP contribution in [0.1, 0.15) is 45.4 Å². The first-order chi connectivity index (χ1) is 28.2. The van der Waals surface area contributed by atoms with E-state index in [0.717, 1.165) is 29.3 Å². The number of rotatable bonds is 3. The van der Waals surface area contributed by atoms with Crippen molar-refractivity contribution in [3.8, 4) is 0 Å². The Morgan fingerprint density at radius 2 is 1.02 bits per heavy atom. The van der Waals surface area contributed by atoms with E-state index in [1.54, 1.807) is 0 Å². The molecule has 0 amide bonds. The minimum Gasteiger partial charge on any atom is -0.328 e. The summed E-state index contributed by atoms with van der Waals surface area (Å²) < 4.78 is 139. The molecule has 6 aromatic rings. The summed E-state index contributed by atoms with van der Waals surface area (Å²) in [6.45, 7) is -12.9. The Hall–Kier alpha value is -5.55. The summed E-state index contributed by atoms with van der Waals surface area (Å²) in [6.07, 6.45) is -0.291. The van der Waals surface area contributed by atoms with Crippen LogP contribution in [0.2, 0.25) is 0 Å². The molecule has 0 spiro atoms. The van der Waals surface area contributed by atoms with Crippen molar-refractivity contribution in [3.63, 3.8) is 0 Å². The van der Waals surface area contributed by atoms with E-state index in [4.69, 9.17) is 24.7 Å². The molecule has 0 aliphatic carbocycles. The predicted molar refractivity (Wildman–Crippen MR) is 168 cm³/mol. The van der Waals surface area contributed by atoms with Gasteiger partial charge in [-0.1, -0.05) is 0 Å². The second-order valence-electron chi connectivity index (χ2n) is 8.80. The fraction of sp³-hybridized carbons (Fsp3) is 0.444. The Kier molecular flexibility index (Phi) is 4.33. The monoisotopic (exact) mass is 642 g/mol. The van der Waals surface area contributed by atoms with Crippen LogP contribution < -0.4 is 33.7 Å². The van der Waals surface area contributed by atoms with Gasteiger partial charge in [0.05, 0.1) is 18.9 Å². The molecule has 0 bridgehead atoms. The van der Waals surface area contributed by atoms with Gasteiger partial charge in [-0.25, -0.2) is 29.3 Å². The smallest absolute Gasteiger partial charge is 0.328 e. The summed E-state index contributed by atoms with van der Waals surface area (Å²) in [7, 11) is 2.60. The van der Waals surface area contributed by atoms with Gasteiger partial charge in [-0.3, -0.25) is 41.8 Å². The molecule has 0 saturated carbocycles. The molecule has 0 radical (unpaired) electrons. The van der Waals surface area contributed by atoms with Crippen molar-refractivity contribution in [1.82, 2.24) is 56.1 Å². The zero-order valence-electron chi connectivity index (χ0n) is 42.1. The minimum atomic E-state index is -2.97. The lowest BCUT2D eigenvalue weighted by atomic mass is 10.5. The van der Waals surface area contributed by atoms with Crippen LogP contribution in [0.5, 0.6) is 0 Å². The molecule has 0 aliphatic rings. The number of fused-ring (bicyclic) bond motifs is 3. The van der Waals surface area contributed by atoms with Crippen LogP contribution in [-0.2, 0) is 61.5 Å². The van der Waals surface area contributed by atoms with Crippen LogP contribution in [0.3, 0.4) is 0 Å². The van der Waals surface area contributed by atoms with Gasteiger partial charge in [0, 0.05) is 83.5 Å². The van der Waals surface area contributed by atoms with Crippen LogP contribution >= 0.6 is 0 Å². The lowest BCUT2D eigenvalue weighted by molar-refractivity contribution is 0.635. The third-order valence-electron chi connectivity index (χ3n) is 6.34. The fourth-order valence-corrected chi connectivity index (χ4v) is 4.12. The van der Waals surface area contributed by atoms with E-state index >= 15 is 0 Å².